The number of hydrogen-bond donors (Lipinski definition) is 0. The van der Waals surface area contributed by atoms with E-state index in [-0.39, 0.29) is 6.61 Å². The third-order valence-electron chi connectivity index (χ3n) is 1.10. The molecule has 0 heterocycles. The molecule has 0 rings (SSSR count). The van der Waals surface area contributed by atoms with Gasteiger partial charge in [0.05, 0.1) is 0 Å². The van der Waals surface area contributed by atoms with Crippen molar-refractivity contribution in [3.8, 4) is 0 Å². The highest BCUT2D eigenvalue weighted by Crippen LogP contribution is 2.10. The normalized spacial score (nSPS) is 12.0. The molecule has 0 unspecified atom stereocenters. The molecule has 3 radical (unpaired) electrons. The van der Waals surface area contributed by atoms with Crippen LogP contribution in [0.4, 0.5) is 0 Å². The minimum absolute atomic E-state index is 0.198. The molecule has 0 N–H and O–H groups in total. The molecule has 0 aliphatic rings. The Labute approximate surface area is 63.9 Å². The van der Waals surface area contributed by atoms with Crippen LogP contribution in [0.15, 0.2) is 0 Å². The van der Waals surface area contributed by atoms with Crippen LogP contribution in [0.2, 0.25) is 0 Å². The molecule has 0 aromatic heterocycles. The minimum Gasteiger partial charge on any atom is -0.376 e. The van der Waals surface area contributed by atoms with E-state index in [0.29, 0.717) is 0 Å². The Morgan fingerprint density at radius 2 is 1.70 bits per heavy atom. The fourth-order valence-electron chi connectivity index (χ4n) is 0.491. The SMILES string of the molecule is COCC(OC)(OC)O[Si]. The first-order chi connectivity index (χ1) is 4.74. The Balaban J connectivity index is 3.87. The van der Waals surface area contributed by atoms with Crippen LogP contribution in [-0.2, 0) is 18.6 Å². The molecule has 0 aliphatic carbocycles. The van der Waals surface area contributed by atoms with Crippen molar-refractivity contribution in [1.29, 1.82) is 0 Å². The van der Waals surface area contributed by atoms with E-state index in [1.165, 1.54) is 21.3 Å². The van der Waals surface area contributed by atoms with E-state index in [9.17, 15) is 0 Å². The van der Waals surface area contributed by atoms with Crippen LogP contribution in [0.5, 0.6) is 0 Å². The van der Waals surface area contributed by atoms with Crippen LogP contribution >= 0.6 is 0 Å². The third-order valence-corrected chi connectivity index (χ3v) is 1.41. The molecule has 0 aromatic rings. The molecule has 0 bridgehead atoms. The van der Waals surface area contributed by atoms with E-state index >= 15 is 0 Å². The number of hydrogen-bond acceptors (Lipinski definition) is 4. The monoisotopic (exact) mass is 163 g/mol. The Bertz CT molecular complexity index is 75.5. The summed E-state index contributed by atoms with van der Waals surface area (Å²) >= 11 is 0. The van der Waals surface area contributed by atoms with Crippen molar-refractivity contribution in [2.75, 3.05) is 27.9 Å². The summed E-state index contributed by atoms with van der Waals surface area (Å²) in [6.07, 6.45) is 0. The molecule has 0 aromatic carbocycles. The molecule has 0 atom stereocenters. The molecule has 0 amide bonds. The lowest BCUT2D eigenvalue weighted by atomic mass is 10.6. The Hall–Kier alpha value is 0.0569. The van der Waals surface area contributed by atoms with E-state index in [1.807, 2.05) is 0 Å². The summed E-state index contributed by atoms with van der Waals surface area (Å²) in [4.78, 5) is 0. The Kier molecular flexibility index (Phi) is 4.84. The quantitative estimate of drug-likeness (QED) is 0.411. The first-order valence-electron chi connectivity index (χ1n) is 2.68. The molecule has 5 heteroatoms. The van der Waals surface area contributed by atoms with Gasteiger partial charge in [-0.15, -0.1) is 0 Å². The van der Waals surface area contributed by atoms with Crippen molar-refractivity contribution >= 4 is 10.5 Å². The van der Waals surface area contributed by atoms with Crippen LogP contribution in [-0.4, -0.2) is 44.4 Å². The summed E-state index contributed by atoms with van der Waals surface area (Å²) in [7, 11) is 7.26. The van der Waals surface area contributed by atoms with E-state index in [2.05, 4.69) is 10.5 Å². The molecular weight excluding hydrogens is 152 g/mol. The first-order valence-corrected chi connectivity index (χ1v) is 3.09. The molecule has 0 fully saturated rings. The Morgan fingerprint density at radius 3 is 1.80 bits per heavy atom. The van der Waals surface area contributed by atoms with Crippen LogP contribution in [0, 0.1) is 0 Å². The van der Waals surface area contributed by atoms with Gasteiger partial charge in [0.15, 0.2) is 0 Å². The van der Waals surface area contributed by atoms with Gasteiger partial charge in [0.2, 0.25) is 0 Å². The second kappa shape index (κ2) is 4.81. The van der Waals surface area contributed by atoms with Crippen molar-refractivity contribution in [2.24, 2.45) is 0 Å². The predicted molar refractivity (Wildman–Crippen MR) is 35.5 cm³/mol. The highest BCUT2D eigenvalue weighted by atomic mass is 28.2. The van der Waals surface area contributed by atoms with Gasteiger partial charge >= 0.3 is 0 Å². The molecule has 4 nitrogen and oxygen atoms in total. The zero-order chi connectivity index (χ0) is 8.04. The average molecular weight is 163 g/mol. The van der Waals surface area contributed by atoms with Crippen LogP contribution in [0.1, 0.15) is 0 Å². The molecule has 59 valence electrons. The smallest absolute Gasteiger partial charge is 0.297 e. The lowest BCUT2D eigenvalue weighted by Gasteiger charge is -2.27. The van der Waals surface area contributed by atoms with Crippen molar-refractivity contribution < 1.29 is 18.6 Å². The van der Waals surface area contributed by atoms with E-state index in [0.717, 1.165) is 0 Å². The van der Waals surface area contributed by atoms with Gasteiger partial charge in [-0.05, 0) is 0 Å². The zero-order valence-corrected chi connectivity index (χ0v) is 7.34. The molecule has 10 heavy (non-hydrogen) atoms. The summed E-state index contributed by atoms with van der Waals surface area (Å²) in [5.41, 5.74) is 0. The van der Waals surface area contributed by atoms with Gasteiger partial charge in [0.25, 0.3) is 16.5 Å². The predicted octanol–water partition coefficient (Wildman–Crippen LogP) is -0.321. The lowest BCUT2D eigenvalue weighted by molar-refractivity contribution is -0.337. The third kappa shape index (κ3) is 2.35. The fourth-order valence-corrected chi connectivity index (χ4v) is 0.716. The average Bonchev–Trinajstić information content (AvgIpc) is 2.01. The highest BCUT2D eigenvalue weighted by molar-refractivity contribution is 5.98. The summed E-state index contributed by atoms with van der Waals surface area (Å²) in [5, 5.41) is 0. The van der Waals surface area contributed by atoms with E-state index in [1.54, 1.807) is 0 Å². The summed E-state index contributed by atoms with van der Waals surface area (Å²) < 4.78 is 19.2. The summed E-state index contributed by atoms with van der Waals surface area (Å²) in [5.74, 6) is -1.13. The summed E-state index contributed by atoms with van der Waals surface area (Å²) in [6, 6.07) is 0. The summed E-state index contributed by atoms with van der Waals surface area (Å²) in [6.45, 7) is 0.198. The molecule has 0 saturated carbocycles. The van der Waals surface area contributed by atoms with Crippen LogP contribution < -0.4 is 0 Å². The van der Waals surface area contributed by atoms with Crippen LogP contribution in [0.3, 0.4) is 0 Å². The largest absolute Gasteiger partial charge is 0.376 e. The standard InChI is InChI=1S/C5H11O4Si/c1-6-4-5(7-2,8-3)9-10/h4H2,1-3H3. The van der Waals surface area contributed by atoms with Gasteiger partial charge in [-0.1, -0.05) is 0 Å². The van der Waals surface area contributed by atoms with Crippen molar-refractivity contribution in [3.63, 3.8) is 0 Å². The van der Waals surface area contributed by atoms with Crippen molar-refractivity contribution in [2.45, 2.75) is 5.97 Å². The molecular formula is C5H11O4Si. The van der Waals surface area contributed by atoms with Gasteiger partial charge in [0.1, 0.15) is 6.61 Å². The topological polar surface area (TPSA) is 36.9 Å². The second-order valence-corrected chi connectivity index (χ2v) is 1.83. The zero-order valence-electron chi connectivity index (χ0n) is 6.34. The van der Waals surface area contributed by atoms with E-state index in [4.69, 9.17) is 18.6 Å². The Morgan fingerprint density at radius 1 is 1.20 bits per heavy atom. The first kappa shape index (κ1) is 10.1. The number of ether oxygens (including phenoxy) is 3. The maximum atomic E-state index is 4.86. The van der Waals surface area contributed by atoms with Gasteiger partial charge in [-0.2, -0.15) is 0 Å². The van der Waals surface area contributed by atoms with Gasteiger partial charge < -0.3 is 18.6 Å². The second-order valence-electron chi connectivity index (χ2n) is 1.63. The van der Waals surface area contributed by atoms with Crippen LogP contribution in [0.25, 0.3) is 0 Å². The highest BCUT2D eigenvalue weighted by Gasteiger charge is 2.28. The van der Waals surface area contributed by atoms with Gasteiger partial charge in [-0.25, -0.2) is 0 Å². The lowest BCUT2D eigenvalue weighted by Crippen LogP contribution is -2.41. The van der Waals surface area contributed by atoms with Gasteiger partial charge in [-0.3, -0.25) is 0 Å². The maximum absolute atomic E-state index is 4.86. The fraction of sp³-hybridized carbons (Fsp3) is 1.00. The number of methoxy groups -OCH3 is 3. The van der Waals surface area contributed by atoms with Crippen molar-refractivity contribution in [3.05, 3.63) is 0 Å². The van der Waals surface area contributed by atoms with Crippen molar-refractivity contribution in [1.82, 2.24) is 0 Å². The maximum Gasteiger partial charge on any atom is 0.297 e. The number of rotatable bonds is 5. The molecule has 0 spiro atoms. The van der Waals surface area contributed by atoms with E-state index < -0.39 is 5.97 Å². The van der Waals surface area contributed by atoms with Gasteiger partial charge in [0, 0.05) is 21.3 Å². The molecule has 0 saturated heterocycles. The molecule has 0 aliphatic heterocycles. The minimum atomic E-state index is -1.13.